The van der Waals surface area contributed by atoms with Gasteiger partial charge in [0.15, 0.2) is 0 Å². The monoisotopic (exact) mass is 367 g/mol. The van der Waals surface area contributed by atoms with Crippen LogP contribution in [0.25, 0.3) is 32.9 Å². The third kappa shape index (κ3) is 2.88. The molecule has 4 N–H and O–H groups in total. The first kappa shape index (κ1) is 16.2. The molecule has 0 saturated carbocycles. The molecular formula is C21H17N7. The molecule has 0 fully saturated rings. The van der Waals surface area contributed by atoms with Crippen LogP contribution < -0.4 is 11.1 Å². The molecule has 2 aromatic carbocycles. The number of H-pyrrole nitrogens is 1. The molecule has 0 spiro atoms. The van der Waals surface area contributed by atoms with Crippen molar-refractivity contribution < 1.29 is 0 Å². The maximum atomic E-state index is 5.96. The topological polar surface area (TPSA) is 105 Å². The van der Waals surface area contributed by atoms with Gasteiger partial charge in [0.1, 0.15) is 5.82 Å². The van der Waals surface area contributed by atoms with E-state index < -0.39 is 0 Å². The number of hydrogen-bond donors (Lipinski definition) is 3. The number of nitrogens with one attached hydrogen (secondary N) is 2. The fraction of sp³-hybridized carbons (Fsp3) is 0.0476. The zero-order valence-corrected chi connectivity index (χ0v) is 14.9. The maximum absolute atomic E-state index is 5.96. The number of aromatic amines is 1. The molecule has 0 aliphatic carbocycles. The number of nitrogen functional groups attached to an aromatic ring is 1. The van der Waals surface area contributed by atoms with E-state index in [0.29, 0.717) is 12.4 Å². The summed E-state index contributed by atoms with van der Waals surface area (Å²) >= 11 is 0. The lowest BCUT2D eigenvalue weighted by molar-refractivity contribution is 1.09. The van der Waals surface area contributed by atoms with Gasteiger partial charge in [0.25, 0.3) is 0 Å². The van der Waals surface area contributed by atoms with Gasteiger partial charge in [-0.2, -0.15) is 10.1 Å². The Kier molecular flexibility index (Phi) is 3.83. The number of nitrogens with zero attached hydrogens (tertiary/aromatic N) is 4. The Balaban J connectivity index is 1.65. The number of rotatable bonds is 4. The fourth-order valence-corrected chi connectivity index (χ4v) is 3.36. The largest absolute Gasteiger partial charge is 0.368 e. The summed E-state index contributed by atoms with van der Waals surface area (Å²) in [5, 5.41) is 12.5. The van der Waals surface area contributed by atoms with Gasteiger partial charge in [0.05, 0.1) is 22.6 Å². The Morgan fingerprint density at radius 2 is 1.96 bits per heavy atom. The lowest BCUT2D eigenvalue weighted by atomic mass is 10.00. The van der Waals surface area contributed by atoms with Gasteiger partial charge in [-0.05, 0) is 34.9 Å². The van der Waals surface area contributed by atoms with E-state index in [0.717, 1.165) is 38.5 Å². The molecule has 0 amide bonds. The van der Waals surface area contributed by atoms with Gasteiger partial charge < -0.3 is 11.1 Å². The molecule has 0 radical (unpaired) electrons. The number of pyridine rings is 1. The normalized spacial score (nSPS) is 11.1. The van der Waals surface area contributed by atoms with Crippen LogP contribution in [0.1, 0.15) is 5.56 Å². The summed E-state index contributed by atoms with van der Waals surface area (Å²) in [4.78, 5) is 13.1. The van der Waals surface area contributed by atoms with Crippen LogP contribution >= 0.6 is 0 Å². The minimum atomic E-state index is 0.238. The molecule has 0 aliphatic heterocycles. The van der Waals surface area contributed by atoms with Crippen molar-refractivity contribution in [2.45, 2.75) is 6.54 Å². The highest BCUT2D eigenvalue weighted by atomic mass is 15.1. The zero-order valence-electron chi connectivity index (χ0n) is 14.9. The first-order chi connectivity index (χ1) is 13.8. The van der Waals surface area contributed by atoms with E-state index >= 15 is 0 Å². The number of hydrogen-bond acceptors (Lipinski definition) is 6. The van der Waals surface area contributed by atoms with Gasteiger partial charge in [-0.3, -0.25) is 10.1 Å². The molecule has 0 atom stereocenters. The Morgan fingerprint density at radius 3 is 2.86 bits per heavy atom. The lowest BCUT2D eigenvalue weighted by Crippen LogP contribution is -2.06. The number of nitrogens with two attached hydrogens (primary N) is 1. The first-order valence-corrected chi connectivity index (χ1v) is 8.90. The first-order valence-electron chi connectivity index (χ1n) is 8.90. The van der Waals surface area contributed by atoms with Crippen molar-refractivity contribution in [2.75, 3.05) is 11.1 Å². The van der Waals surface area contributed by atoms with Crippen molar-refractivity contribution in [1.29, 1.82) is 0 Å². The second-order valence-electron chi connectivity index (χ2n) is 6.52. The number of benzene rings is 2. The minimum Gasteiger partial charge on any atom is -0.368 e. The van der Waals surface area contributed by atoms with E-state index in [9.17, 15) is 0 Å². The molecule has 7 heteroatoms. The molecule has 0 aliphatic rings. The van der Waals surface area contributed by atoms with Crippen LogP contribution in [0.15, 0.2) is 67.1 Å². The predicted octanol–water partition coefficient (Wildman–Crippen LogP) is 3.76. The van der Waals surface area contributed by atoms with Gasteiger partial charge in [-0.15, -0.1) is 0 Å². The van der Waals surface area contributed by atoms with E-state index in [1.165, 1.54) is 0 Å². The summed E-state index contributed by atoms with van der Waals surface area (Å²) in [7, 11) is 0. The minimum absolute atomic E-state index is 0.238. The Labute approximate surface area is 160 Å². The molecule has 0 unspecified atom stereocenters. The van der Waals surface area contributed by atoms with E-state index in [-0.39, 0.29) is 5.95 Å². The van der Waals surface area contributed by atoms with Crippen molar-refractivity contribution in [3.05, 3.63) is 72.7 Å². The lowest BCUT2D eigenvalue weighted by Gasteiger charge is -2.13. The van der Waals surface area contributed by atoms with Gasteiger partial charge in [-0.1, -0.05) is 30.3 Å². The van der Waals surface area contributed by atoms with Crippen LogP contribution in [0.2, 0.25) is 0 Å². The standard InChI is InChI=1S/C21H17N7/c22-21-26-17-5-1-4-16(14-6-7-15-12-25-28-18(15)9-14)19(17)20(27-21)24-11-13-3-2-8-23-10-13/h1-10,12H,11H2,(H,25,28)(H3,22,24,26,27). The molecule has 5 rings (SSSR count). The molecule has 3 aromatic heterocycles. The van der Waals surface area contributed by atoms with Gasteiger partial charge in [-0.25, -0.2) is 4.98 Å². The van der Waals surface area contributed by atoms with E-state index in [1.807, 2.05) is 42.7 Å². The molecule has 5 aromatic rings. The van der Waals surface area contributed by atoms with Crippen LogP contribution in [0.4, 0.5) is 11.8 Å². The summed E-state index contributed by atoms with van der Waals surface area (Å²) < 4.78 is 0. The molecule has 136 valence electrons. The van der Waals surface area contributed by atoms with Crippen LogP contribution in [0.5, 0.6) is 0 Å². The zero-order chi connectivity index (χ0) is 18.9. The summed E-state index contributed by atoms with van der Waals surface area (Å²) in [6.45, 7) is 0.591. The number of aromatic nitrogens is 5. The van der Waals surface area contributed by atoms with Crippen LogP contribution in [-0.4, -0.2) is 25.1 Å². The molecular weight excluding hydrogens is 350 g/mol. The average molecular weight is 367 g/mol. The Hall–Kier alpha value is -4.00. The summed E-state index contributed by atoms with van der Waals surface area (Å²) in [5.41, 5.74) is 10.9. The van der Waals surface area contributed by atoms with Crippen LogP contribution in [0.3, 0.4) is 0 Å². The molecule has 0 bridgehead atoms. The third-order valence-electron chi connectivity index (χ3n) is 4.68. The SMILES string of the molecule is Nc1nc(NCc2cccnc2)c2c(-c3ccc4cn[nH]c4c3)cccc2n1. The summed E-state index contributed by atoms with van der Waals surface area (Å²) in [6.07, 6.45) is 5.39. The second kappa shape index (κ2) is 6.62. The molecule has 7 nitrogen and oxygen atoms in total. The van der Waals surface area contributed by atoms with Gasteiger partial charge >= 0.3 is 0 Å². The van der Waals surface area contributed by atoms with Crippen LogP contribution in [-0.2, 0) is 6.54 Å². The molecule has 28 heavy (non-hydrogen) atoms. The van der Waals surface area contributed by atoms with Gasteiger partial charge in [0.2, 0.25) is 5.95 Å². The second-order valence-corrected chi connectivity index (χ2v) is 6.52. The van der Waals surface area contributed by atoms with Crippen molar-refractivity contribution >= 4 is 33.6 Å². The molecule has 3 heterocycles. The van der Waals surface area contributed by atoms with Crippen LogP contribution in [0, 0.1) is 0 Å². The highest BCUT2D eigenvalue weighted by Crippen LogP contribution is 2.34. The van der Waals surface area contributed by atoms with E-state index in [2.05, 4.69) is 48.7 Å². The van der Waals surface area contributed by atoms with Gasteiger partial charge in [0, 0.05) is 24.3 Å². The number of fused-ring (bicyclic) bond motifs is 2. The van der Waals surface area contributed by atoms with Crippen molar-refractivity contribution in [1.82, 2.24) is 25.1 Å². The maximum Gasteiger partial charge on any atom is 0.222 e. The Morgan fingerprint density at radius 1 is 1.00 bits per heavy atom. The third-order valence-corrected chi connectivity index (χ3v) is 4.68. The van der Waals surface area contributed by atoms with Crippen molar-refractivity contribution in [3.63, 3.8) is 0 Å². The molecule has 0 saturated heterocycles. The highest BCUT2D eigenvalue weighted by Gasteiger charge is 2.13. The quantitative estimate of drug-likeness (QED) is 0.447. The van der Waals surface area contributed by atoms with E-state index in [1.54, 1.807) is 6.20 Å². The van der Waals surface area contributed by atoms with Crippen molar-refractivity contribution in [2.24, 2.45) is 0 Å². The smallest absolute Gasteiger partial charge is 0.222 e. The Bertz CT molecular complexity index is 1280. The predicted molar refractivity (Wildman–Crippen MR) is 111 cm³/mol. The summed E-state index contributed by atoms with van der Waals surface area (Å²) in [6, 6.07) is 16.1. The van der Waals surface area contributed by atoms with E-state index in [4.69, 9.17) is 5.73 Å². The van der Waals surface area contributed by atoms with Crippen molar-refractivity contribution in [3.8, 4) is 11.1 Å². The highest BCUT2D eigenvalue weighted by molar-refractivity contribution is 6.03. The summed E-state index contributed by atoms with van der Waals surface area (Å²) in [5.74, 6) is 0.939. The fourth-order valence-electron chi connectivity index (χ4n) is 3.36. The average Bonchev–Trinajstić information content (AvgIpc) is 3.20. The number of anilines is 2.